The zero-order valence-corrected chi connectivity index (χ0v) is 21.8. The molecule has 0 saturated heterocycles. The molecular weight excluding hydrogens is 447 g/mol. The number of hydrogen-bond donors (Lipinski definition) is 3. The maximum absolute atomic E-state index is 14.7. The van der Waals surface area contributed by atoms with E-state index in [9.17, 15) is 19.4 Å². The van der Waals surface area contributed by atoms with Crippen LogP contribution < -0.4 is 5.32 Å². The summed E-state index contributed by atoms with van der Waals surface area (Å²) in [6.45, 7) is 11.6. The molecular formula is C28H37FN2O4. The van der Waals surface area contributed by atoms with Crippen LogP contribution in [0, 0.1) is 19.7 Å². The number of rotatable bonds is 5. The molecule has 0 saturated carbocycles. The Bertz CT molecular complexity index is 1200. The molecule has 7 heteroatoms. The van der Waals surface area contributed by atoms with Crippen molar-refractivity contribution in [3.05, 3.63) is 57.1 Å². The first-order valence-electron chi connectivity index (χ1n) is 12.2. The van der Waals surface area contributed by atoms with Crippen LogP contribution >= 0.6 is 0 Å². The Labute approximate surface area is 206 Å². The quantitative estimate of drug-likeness (QED) is 0.537. The third kappa shape index (κ3) is 4.90. The number of aldehydes is 1. The summed E-state index contributed by atoms with van der Waals surface area (Å²) in [5, 5.41) is 25.5. The van der Waals surface area contributed by atoms with Gasteiger partial charge in [-0.1, -0.05) is 27.2 Å². The Morgan fingerprint density at radius 2 is 1.97 bits per heavy atom. The highest BCUT2D eigenvalue weighted by molar-refractivity contribution is 5.92. The summed E-state index contributed by atoms with van der Waals surface area (Å²) < 4.78 is 19.9. The molecule has 1 unspecified atom stereocenters. The van der Waals surface area contributed by atoms with Gasteiger partial charge in [0.05, 0.1) is 23.5 Å². The third-order valence-electron chi connectivity index (χ3n) is 6.80. The number of nitrogens with one attached hydrogen (secondary N) is 1. The molecule has 0 spiro atoms. The van der Waals surface area contributed by atoms with Gasteiger partial charge in [-0.05, 0) is 73.4 Å². The molecule has 3 atom stereocenters. The first kappa shape index (κ1) is 27.0. The molecule has 0 fully saturated rings. The fourth-order valence-corrected chi connectivity index (χ4v) is 5.03. The number of pyridine rings is 1. The van der Waals surface area contributed by atoms with E-state index in [-0.39, 0.29) is 23.9 Å². The van der Waals surface area contributed by atoms with Crippen molar-refractivity contribution in [1.82, 2.24) is 10.3 Å². The largest absolute Gasteiger partial charge is 0.380 e. The average molecular weight is 485 g/mol. The summed E-state index contributed by atoms with van der Waals surface area (Å²) >= 11 is 0. The minimum absolute atomic E-state index is 0.0392. The lowest BCUT2D eigenvalue weighted by atomic mass is 9.78. The van der Waals surface area contributed by atoms with E-state index in [2.05, 4.69) is 26.1 Å². The van der Waals surface area contributed by atoms with Crippen LogP contribution in [0.2, 0.25) is 0 Å². The van der Waals surface area contributed by atoms with Crippen molar-refractivity contribution < 1.29 is 24.1 Å². The van der Waals surface area contributed by atoms with E-state index in [1.165, 1.54) is 26.5 Å². The molecule has 1 aliphatic heterocycles. The van der Waals surface area contributed by atoms with E-state index in [4.69, 9.17) is 9.72 Å². The first-order valence-corrected chi connectivity index (χ1v) is 12.2. The van der Waals surface area contributed by atoms with Crippen molar-refractivity contribution in [3.63, 3.8) is 0 Å². The van der Waals surface area contributed by atoms with Gasteiger partial charge in [-0.2, -0.15) is 0 Å². The highest BCUT2D eigenvalue weighted by Crippen LogP contribution is 2.42. The lowest BCUT2D eigenvalue weighted by molar-refractivity contribution is -0.119. The average Bonchev–Trinajstić information content (AvgIpc) is 2.81. The Morgan fingerprint density at radius 3 is 2.57 bits per heavy atom. The zero-order chi connectivity index (χ0) is 26.1. The van der Waals surface area contributed by atoms with Crippen molar-refractivity contribution in [1.29, 1.82) is 0 Å². The van der Waals surface area contributed by atoms with Gasteiger partial charge in [0.2, 0.25) is 0 Å². The minimum Gasteiger partial charge on any atom is -0.380 e. The zero-order valence-electron chi connectivity index (χ0n) is 21.8. The smallest absolute Gasteiger partial charge is 0.155 e. The maximum atomic E-state index is 14.7. The predicted octanol–water partition coefficient (Wildman–Crippen LogP) is 4.61. The molecule has 190 valence electrons. The summed E-state index contributed by atoms with van der Waals surface area (Å²) in [7, 11) is 1.47. The lowest BCUT2D eigenvalue weighted by Gasteiger charge is -2.33. The van der Waals surface area contributed by atoms with Crippen LogP contribution in [0.5, 0.6) is 0 Å². The van der Waals surface area contributed by atoms with Gasteiger partial charge in [-0.3, -0.25) is 4.79 Å². The second-order valence-corrected chi connectivity index (χ2v) is 9.74. The van der Waals surface area contributed by atoms with Crippen LogP contribution in [0.25, 0.3) is 16.6 Å². The number of hydrogen-bond acceptors (Lipinski definition) is 6. The monoisotopic (exact) mass is 484 g/mol. The van der Waals surface area contributed by atoms with Crippen molar-refractivity contribution >= 4 is 22.9 Å². The van der Waals surface area contributed by atoms with Crippen molar-refractivity contribution in [2.45, 2.75) is 78.6 Å². The normalized spacial score (nSPS) is 21.0. The van der Waals surface area contributed by atoms with Crippen LogP contribution in [0.3, 0.4) is 0 Å². The Morgan fingerprint density at radius 1 is 1.31 bits per heavy atom. The summed E-state index contributed by atoms with van der Waals surface area (Å²) in [6.07, 6.45) is 3.86. The van der Waals surface area contributed by atoms with Gasteiger partial charge >= 0.3 is 0 Å². The second kappa shape index (κ2) is 10.6. The molecule has 6 nitrogen and oxygen atoms in total. The molecule has 35 heavy (non-hydrogen) atoms. The number of nitrogens with zero attached hydrogens (tertiary/aromatic N) is 1. The van der Waals surface area contributed by atoms with E-state index in [1.54, 1.807) is 6.08 Å². The number of benzene rings is 1. The van der Waals surface area contributed by atoms with Crippen LogP contribution in [0.4, 0.5) is 4.39 Å². The summed E-state index contributed by atoms with van der Waals surface area (Å²) in [5.74, 6) is -0.0179. The highest BCUT2D eigenvalue weighted by atomic mass is 19.1. The fourth-order valence-electron chi connectivity index (χ4n) is 5.03. The Hall–Kier alpha value is -2.61. The molecule has 0 radical (unpaired) electrons. The van der Waals surface area contributed by atoms with E-state index < -0.39 is 11.8 Å². The molecule has 2 aliphatic rings. The van der Waals surface area contributed by atoms with Crippen molar-refractivity contribution in [2.24, 2.45) is 0 Å². The van der Waals surface area contributed by atoms with E-state index >= 15 is 0 Å². The van der Waals surface area contributed by atoms with Crippen molar-refractivity contribution in [3.8, 4) is 0 Å². The molecule has 2 aromatic rings. The van der Waals surface area contributed by atoms with E-state index in [0.717, 1.165) is 34.9 Å². The van der Waals surface area contributed by atoms with Crippen LogP contribution in [0.15, 0.2) is 23.3 Å². The summed E-state index contributed by atoms with van der Waals surface area (Å²) in [5.41, 5.74) is 4.14. The van der Waals surface area contributed by atoms with Crippen LogP contribution in [0.1, 0.15) is 74.4 Å². The summed E-state index contributed by atoms with van der Waals surface area (Å²) in [4.78, 5) is 16.4. The van der Waals surface area contributed by atoms with Gasteiger partial charge in [0.25, 0.3) is 0 Å². The van der Waals surface area contributed by atoms with Crippen molar-refractivity contribution in [2.75, 3.05) is 13.7 Å². The summed E-state index contributed by atoms with van der Waals surface area (Å²) in [6, 6.07) is 1.47. The highest BCUT2D eigenvalue weighted by Gasteiger charge is 2.34. The number of carbonyl (C=O) groups excluding carboxylic acids is 1. The minimum atomic E-state index is -1.81. The first-order chi connectivity index (χ1) is 16.5. The number of aromatic nitrogens is 1. The Kier molecular flexibility index (Phi) is 8.14. The molecule has 1 aromatic heterocycles. The Balaban J connectivity index is 0.00000108. The molecule has 1 aliphatic carbocycles. The number of halogens is 1. The van der Waals surface area contributed by atoms with Gasteiger partial charge in [-0.25, -0.2) is 9.37 Å². The van der Waals surface area contributed by atoms with Gasteiger partial charge in [0, 0.05) is 24.1 Å². The molecule has 4 rings (SSSR count). The van der Waals surface area contributed by atoms with Gasteiger partial charge in [-0.15, -0.1) is 0 Å². The lowest BCUT2D eigenvalue weighted by Crippen LogP contribution is -2.41. The molecule has 0 amide bonds. The van der Waals surface area contributed by atoms with Crippen LogP contribution in [-0.2, 0) is 16.0 Å². The van der Waals surface area contributed by atoms with Crippen LogP contribution in [-0.4, -0.2) is 47.0 Å². The number of carbonyl (C=O) groups is 1. The number of aliphatic hydroxyl groups excluding tert-OH is 1. The van der Waals surface area contributed by atoms with Gasteiger partial charge in [0.1, 0.15) is 17.6 Å². The number of aryl methyl sites for hydroxylation is 1. The number of ether oxygens (including phenoxy) is 1. The second-order valence-electron chi connectivity index (χ2n) is 9.74. The van der Waals surface area contributed by atoms with Gasteiger partial charge < -0.3 is 20.3 Å². The SMILES string of the molecule is CCC.COCC1=C([C@](C)(O)C=O)C=C(c2nc3cc(F)c(C)c4c3c(c2C)[C@@H](C)CC4)NC1O. The maximum Gasteiger partial charge on any atom is 0.155 e. The standard InChI is InChI=1S/C25H29FN2O4.C3H8/c1-12-6-7-15-13(2)18(26)9-19-22(15)21(12)14(3)23(27-19)20-8-17(25(4,31)11-29)16(10-32-5)24(30)28-20;1-3-2/h8-9,11-12,24,28,30-31H,6-7,10H2,1-5H3;3H2,1-2H3/t12-,24?,25+;/m0./s1. The van der Waals surface area contributed by atoms with Gasteiger partial charge in [0.15, 0.2) is 6.29 Å². The van der Waals surface area contributed by atoms with E-state index in [1.807, 2.05) is 13.8 Å². The fraction of sp³-hybridized carbons (Fsp3) is 0.500. The third-order valence-corrected chi connectivity index (χ3v) is 6.80. The molecule has 1 aromatic carbocycles. The predicted molar refractivity (Wildman–Crippen MR) is 137 cm³/mol. The molecule has 0 bridgehead atoms. The number of methoxy groups -OCH3 is 1. The molecule has 2 heterocycles. The van der Waals surface area contributed by atoms with E-state index in [0.29, 0.717) is 34.3 Å². The number of aliphatic hydroxyl groups is 2. The topological polar surface area (TPSA) is 91.7 Å². The number of dihydropyridines is 1. The molecule has 3 N–H and O–H groups in total.